The number of carbonyl (C=O) groups excluding carboxylic acids is 2. The van der Waals surface area contributed by atoms with Crippen LogP contribution in [0.25, 0.3) is 0 Å². The Kier molecular flexibility index (Phi) is 7.30. The minimum atomic E-state index is -0.404. The van der Waals surface area contributed by atoms with Crippen molar-refractivity contribution in [2.45, 2.75) is 58.2 Å². The maximum atomic E-state index is 12.6. The molecule has 2 saturated heterocycles. The van der Waals surface area contributed by atoms with E-state index in [2.05, 4.69) is 28.3 Å². The van der Waals surface area contributed by atoms with Crippen LogP contribution in [-0.4, -0.2) is 70.9 Å². The van der Waals surface area contributed by atoms with Gasteiger partial charge < -0.3 is 10.1 Å². The Morgan fingerprint density at radius 3 is 2.68 bits per heavy atom. The van der Waals surface area contributed by atoms with Crippen molar-refractivity contribution in [3.05, 3.63) is 18.0 Å². The predicted octanol–water partition coefficient (Wildman–Crippen LogP) is 1.85. The molecule has 2 fully saturated rings. The molecular weight excluding hydrogens is 358 g/mol. The summed E-state index contributed by atoms with van der Waals surface area (Å²) in [7, 11) is 1.37. The Bertz CT molecular complexity index is 654. The first-order valence-corrected chi connectivity index (χ1v) is 10.5. The van der Waals surface area contributed by atoms with Gasteiger partial charge in [-0.05, 0) is 64.1 Å². The Labute approximate surface area is 167 Å². The zero-order chi connectivity index (χ0) is 19.9. The fraction of sp³-hybridized carbons (Fsp3) is 0.750. The number of piperidine rings is 2. The van der Waals surface area contributed by atoms with Gasteiger partial charge in [0.25, 0.3) is 0 Å². The zero-order valence-electron chi connectivity index (χ0n) is 17.1. The van der Waals surface area contributed by atoms with E-state index in [-0.39, 0.29) is 5.91 Å². The van der Waals surface area contributed by atoms with Gasteiger partial charge in [0, 0.05) is 32.4 Å². The van der Waals surface area contributed by atoms with Crippen LogP contribution in [0.5, 0.6) is 0 Å². The molecule has 1 N–H and O–H groups in total. The first-order valence-electron chi connectivity index (χ1n) is 10.5. The molecule has 0 aliphatic carbocycles. The van der Waals surface area contributed by atoms with Gasteiger partial charge in [0.2, 0.25) is 5.91 Å². The molecule has 8 heteroatoms. The number of nitrogens with one attached hydrogen (secondary N) is 1. The van der Waals surface area contributed by atoms with E-state index >= 15 is 0 Å². The number of nitrogens with zero attached hydrogens (tertiary/aromatic N) is 4. The van der Waals surface area contributed by atoms with Gasteiger partial charge in [0.1, 0.15) is 6.04 Å². The Balaban J connectivity index is 1.40. The highest BCUT2D eigenvalue weighted by Gasteiger charge is 2.33. The maximum Gasteiger partial charge on any atom is 0.410 e. The normalized spacial score (nSPS) is 21.5. The highest BCUT2D eigenvalue weighted by atomic mass is 16.5. The highest BCUT2D eigenvalue weighted by Crippen LogP contribution is 2.20. The molecule has 0 spiro atoms. The van der Waals surface area contributed by atoms with Crippen LogP contribution < -0.4 is 5.32 Å². The van der Waals surface area contributed by atoms with Crippen molar-refractivity contribution in [2.24, 2.45) is 5.92 Å². The summed E-state index contributed by atoms with van der Waals surface area (Å²) in [6.45, 7) is 7.21. The van der Waals surface area contributed by atoms with Crippen molar-refractivity contribution in [3.8, 4) is 0 Å². The molecule has 28 heavy (non-hydrogen) atoms. The van der Waals surface area contributed by atoms with Gasteiger partial charge in [0.15, 0.2) is 0 Å². The van der Waals surface area contributed by atoms with Crippen LogP contribution in [0.4, 0.5) is 4.79 Å². The summed E-state index contributed by atoms with van der Waals surface area (Å²) >= 11 is 0. The Hall–Kier alpha value is -2.09. The van der Waals surface area contributed by atoms with Gasteiger partial charge in [-0.3, -0.25) is 19.3 Å². The lowest BCUT2D eigenvalue weighted by Crippen LogP contribution is -2.52. The van der Waals surface area contributed by atoms with Crippen LogP contribution in [0.1, 0.15) is 44.7 Å². The summed E-state index contributed by atoms with van der Waals surface area (Å²) in [6.07, 6.45) is 6.37. The number of carbonyl (C=O) groups is 2. The van der Waals surface area contributed by atoms with Crippen molar-refractivity contribution in [1.82, 2.24) is 24.9 Å². The molecular formula is C20H33N5O3. The van der Waals surface area contributed by atoms with Crippen molar-refractivity contribution in [1.29, 1.82) is 0 Å². The molecule has 3 rings (SSSR count). The summed E-state index contributed by atoms with van der Waals surface area (Å²) in [5, 5.41) is 7.64. The zero-order valence-corrected chi connectivity index (χ0v) is 17.1. The third kappa shape index (κ3) is 5.25. The second kappa shape index (κ2) is 9.91. The summed E-state index contributed by atoms with van der Waals surface area (Å²) < 4.78 is 6.79. The molecule has 0 aromatic carbocycles. The third-order valence-electron chi connectivity index (χ3n) is 5.89. The van der Waals surface area contributed by atoms with E-state index in [9.17, 15) is 9.59 Å². The van der Waals surface area contributed by atoms with Crippen molar-refractivity contribution >= 4 is 12.0 Å². The first-order chi connectivity index (χ1) is 13.6. The van der Waals surface area contributed by atoms with Gasteiger partial charge in [-0.2, -0.15) is 5.10 Å². The second-order valence-electron chi connectivity index (χ2n) is 7.80. The monoisotopic (exact) mass is 391 g/mol. The van der Waals surface area contributed by atoms with Crippen LogP contribution >= 0.6 is 0 Å². The van der Waals surface area contributed by atoms with Crippen LogP contribution in [0.2, 0.25) is 0 Å². The minimum absolute atomic E-state index is 0.0439. The SMILES string of the molecule is CCn1ccc(CN2CCC(CNC(=O)C3CCCCN3C(=O)OC)CC2)n1. The first kappa shape index (κ1) is 20.6. The van der Waals surface area contributed by atoms with E-state index in [1.807, 2.05) is 10.9 Å². The summed E-state index contributed by atoms with van der Waals surface area (Å²) in [4.78, 5) is 28.5. The number of amides is 2. The summed E-state index contributed by atoms with van der Waals surface area (Å²) in [5.74, 6) is 0.446. The number of hydrogen-bond donors (Lipinski definition) is 1. The lowest BCUT2D eigenvalue weighted by molar-refractivity contribution is -0.127. The molecule has 0 radical (unpaired) electrons. The van der Waals surface area contributed by atoms with Gasteiger partial charge >= 0.3 is 6.09 Å². The van der Waals surface area contributed by atoms with E-state index in [0.29, 0.717) is 25.4 Å². The van der Waals surface area contributed by atoms with E-state index in [1.165, 1.54) is 7.11 Å². The smallest absolute Gasteiger partial charge is 0.410 e. The number of aryl methyl sites for hydroxylation is 1. The molecule has 156 valence electrons. The average molecular weight is 392 g/mol. The molecule has 2 aliphatic heterocycles. The molecule has 8 nitrogen and oxygen atoms in total. The van der Waals surface area contributed by atoms with Gasteiger partial charge in [-0.25, -0.2) is 4.79 Å². The average Bonchev–Trinajstić information content (AvgIpc) is 3.20. The highest BCUT2D eigenvalue weighted by molar-refractivity contribution is 5.85. The number of methoxy groups -OCH3 is 1. The molecule has 0 bridgehead atoms. The minimum Gasteiger partial charge on any atom is -0.453 e. The van der Waals surface area contributed by atoms with E-state index in [1.54, 1.807) is 4.90 Å². The third-order valence-corrected chi connectivity index (χ3v) is 5.89. The number of rotatable bonds is 6. The van der Waals surface area contributed by atoms with E-state index < -0.39 is 12.1 Å². The largest absolute Gasteiger partial charge is 0.453 e. The number of ether oxygens (including phenoxy) is 1. The standard InChI is InChI=1S/C20H33N5O3/c1-3-24-13-9-17(22-24)15-23-11-7-16(8-12-23)14-21-19(26)18-6-4-5-10-25(18)20(27)28-2/h9,13,16,18H,3-8,10-12,14-15H2,1-2H3,(H,21,26). The molecule has 1 unspecified atom stereocenters. The quantitative estimate of drug-likeness (QED) is 0.801. The van der Waals surface area contributed by atoms with Crippen molar-refractivity contribution < 1.29 is 14.3 Å². The molecule has 1 aromatic rings. The fourth-order valence-corrected chi connectivity index (χ4v) is 4.14. The van der Waals surface area contributed by atoms with Gasteiger partial charge in [0.05, 0.1) is 12.8 Å². The van der Waals surface area contributed by atoms with E-state index in [4.69, 9.17) is 4.74 Å². The van der Waals surface area contributed by atoms with Gasteiger partial charge in [-0.1, -0.05) is 0 Å². The molecule has 3 heterocycles. The van der Waals surface area contributed by atoms with Crippen LogP contribution in [-0.2, 0) is 22.6 Å². The predicted molar refractivity (Wildman–Crippen MR) is 106 cm³/mol. The second-order valence-corrected chi connectivity index (χ2v) is 7.80. The van der Waals surface area contributed by atoms with Crippen LogP contribution in [0, 0.1) is 5.92 Å². The van der Waals surface area contributed by atoms with Crippen LogP contribution in [0.3, 0.4) is 0 Å². The topological polar surface area (TPSA) is 79.7 Å². The molecule has 2 aliphatic rings. The molecule has 1 aromatic heterocycles. The summed E-state index contributed by atoms with van der Waals surface area (Å²) in [6, 6.07) is 1.70. The Morgan fingerprint density at radius 1 is 1.21 bits per heavy atom. The lowest BCUT2D eigenvalue weighted by atomic mass is 9.96. The van der Waals surface area contributed by atoms with Crippen molar-refractivity contribution in [2.75, 3.05) is 33.3 Å². The number of likely N-dealkylation sites (tertiary alicyclic amines) is 2. The van der Waals surface area contributed by atoms with Crippen LogP contribution in [0.15, 0.2) is 12.3 Å². The maximum absolute atomic E-state index is 12.6. The van der Waals surface area contributed by atoms with Gasteiger partial charge in [-0.15, -0.1) is 0 Å². The lowest BCUT2D eigenvalue weighted by Gasteiger charge is -2.35. The molecule has 1 atom stereocenters. The number of hydrogen-bond acceptors (Lipinski definition) is 5. The molecule has 0 saturated carbocycles. The summed E-state index contributed by atoms with van der Waals surface area (Å²) in [5.41, 5.74) is 1.12. The Morgan fingerprint density at radius 2 is 2.00 bits per heavy atom. The van der Waals surface area contributed by atoms with E-state index in [0.717, 1.165) is 57.6 Å². The number of aromatic nitrogens is 2. The van der Waals surface area contributed by atoms with Crippen molar-refractivity contribution in [3.63, 3.8) is 0 Å². The molecule has 2 amide bonds. The fourth-order valence-electron chi connectivity index (χ4n) is 4.14.